The van der Waals surface area contributed by atoms with E-state index in [0.717, 1.165) is 40.8 Å². The van der Waals surface area contributed by atoms with Crippen molar-refractivity contribution in [2.75, 3.05) is 38.2 Å². The summed E-state index contributed by atoms with van der Waals surface area (Å²) in [7, 11) is 3.99. The van der Waals surface area contributed by atoms with Gasteiger partial charge in [0.2, 0.25) is 0 Å². The molecule has 3 heterocycles. The minimum absolute atomic E-state index is 0.193. The van der Waals surface area contributed by atoms with Gasteiger partial charge in [-0.25, -0.2) is 9.67 Å². The molecule has 0 amide bonds. The normalized spacial score (nSPS) is 21.5. The molecule has 2 aromatic heterocycles. The lowest BCUT2D eigenvalue weighted by Crippen LogP contribution is -2.53. The van der Waals surface area contributed by atoms with Gasteiger partial charge in [-0.05, 0) is 14.0 Å². The number of hydrogen-bond acceptors (Lipinski definition) is 6. The Kier molecular flexibility index (Phi) is 3.20. The first-order valence-corrected chi connectivity index (χ1v) is 7.28. The van der Waals surface area contributed by atoms with Crippen molar-refractivity contribution < 1.29 is 5.11 Å². The van der Waals surface area contributed by atoms with Crippen LogP contribution in [0.4, 0.5) is 5.13 Å². The number of likely N-dealkylation sites (N-methyl/N-ethyl adjacent to an activating group) is 1. The monoisotopic (exact) mass is 281 g/mol. The van der Waals surface area contributed by atoms with Crippen molar-refractivity contribution in [3.8, 4) is 0 Å². The van der Waals surface area contributed by atoms with Gasteiger partial charge < -0.3 is 10.0 Å². The van der Waals surface area contributed by atoms with E-state index in [1.165, 1.54) is 0 Å². The second-order valence-corrected chi connectivity index (χ2v) is 6.10. The summed E-state index contributed by atoms with van der Waals surface area (Å²) in [6.45, 7) is 4.96. The number of aromatic nitrogens is 3. The molecule has 1 N–H and O–H groups in total. The molecule has 104 valence electrons. The van der Waals surface area contributed by atoms with E-state index in [2.05, 4.69) is 21.9 Å². The quantitative estimate of drug-likeness (QED) is 0.866. The standard InChI is InChI=1S/C12H19N5OS/c1-8-10-11(16(3)14-8)13-12(19-10)17-5-4-15(2)9(6-17)7-18/h9,18H,4-7H2,1-3H3/t9-/m1/s1. The van der Waals surface area contributed by atoms with Gasteiger partial charge in [0.1, 0.15) is 0 Å². The lowest BCUT2D eigenvalue weighted by atomic mass is 10.2. The Labute approximate surface area is 116 Å². The zero-order valence-corrected chi connectivity index (χ0v) is 12.3. The summed E-state index contributed by atoms with van der Waals surface area (Å²) >= 11 is 1.70. The van der Waals surface area contributed by atoms with Crippen LogP contribution >= 0.6 is 11.3 Å². The third-order valence-electron chi connectivity index (χ3n) is 3.79. The van der Waals surface area contributed by atoms with Gasteiger partial charge in [-0.2, -0.15) is 5.10 Å². The van der Waals surface area contributed by atoms with E-state index in [9.17, 15) is 5.11 Å². The fourth-order valence-corrected chi connectivity index (χ4v) is 3.59. The van der Waals surface area contributed by atoms with Crippen LogP contribution in [0, 0.1) is 6.92 Å². The molecular formula is C12H19N5OS. The lowest BCUT2D eigenvalue weighted by Gasteiger charge is -2.38. The lowest BCUT2D eigenvalue weighted by molar-refractivity contribution is 0.135. The SMILES string of the molecule is Cc1nn(C)c2nc(N3CCN(C)[C@@H](CO)C3)sc12. The van der Waals surface area contributed by atoms with Crippen LogP contribution < -0.4 is 4.90 Å². The molecule has 0 aliphatic carbocycles. The molecule has 6 nitrogen and oxygen atoms in total. The molecule has 0 saturated carbocycles. The maximum absolute atomic E-state index is 9.41. The molecule has 2 aromatic rings. The van der Waals surface area contributed by atoms with Gasteiger partial charge in [-0.1, -0.05) is 11.3 Å². The highest BCUT2D eigenvalue weighted by Gasteiger charge is 2.26. The number of anilines is 1. The van der Waals surface area contributed by atoms with Crippen LogP contribution in [0.2, 0.25) is 0 Å². The Morgan fingerprint density at radius 3 is 2.84 bits per heavy atom. The maximum Gasteiger partial charge on any atom is 0.188 e. The topological polar surface area (TPSA) is 57.4 Å². The Morgan fingerprint density at radius 2 is 2.16 bits per heavy atom. The van der Waals surface area contributed by atoms with E-state index < -0.39 is 0 Å². The number of aliphatic hydroxyl groups is 1. The fourth-order valence-electron chi connectivity index (χ4n) is 2.53. The molecule has 0 radical (unpaired) electrons. The summed E-state index contributed by atoms with van der Waals surface area (Å²) < 4.78 is 3.00. The van der Waals surface area contributed by atoms with Crippen molar-refractivity contribution in [2.45, 2.75) is 13.0 Å². The molecule has 1 aliphatic rings. The molecule has 0 bridgehead atoms. The number of thiazole rings is 1. The van der Waals surface area contributed by atoms with Gasteiger partial charge in [0.15, 0.2) is 10.8 Å². The largest absolute Gasteiger partial charge is 0.395 e. The summed E-state index contributed by atoms with van der Waals surface area (Å²) in [6.07, 6.45) is 0. The average molecular weight is 281 g/mol. The van der Waals surface area contributed by atoms with E-state index in [1.54, 1.807) is 11.3 Å². The van der Waals surface area contributed by atoms with Crippen molar-refractivity contribution in [3.05, 3.63) is 5.69 Å². The highest BCUT2D eigenvalue weighted by molar-refractivity contribution is 7.22. The molecule has 0 unspecified atom stereocenters. The molecule has 0 aromatic carbocycles. The first kappa shape index (κ1) is 12.8. The molecule has 0 spiro atoms. The molecule has 1 saturated heterocycles. The van der Waals surface area contributed by atoms with Crippen LogP contribution in [-0.4, -0.2) is 64.1 Å². The first-order valence-electron chi connectivity index (χ1n) is 6.46. The molecule has 1 fully saturated rings. The second kappa shape index (κ2) is 4.73. The summed E-state index contributed by atoms with van der Waals surface area (Å²) in [6, 6.07) is 0.194. The number of aliphatic hydroxyl groups excluding tert-OH is 1. The Balaban J connectivity index is 1.90. The fraction of sp³-hybridized carbons (Fsp3) is 0.667. The van der Waals surface area contributed by atoms with Gasteiger partial charge in [0.25, 0.3) is 0 Å². The van der Waals surface area contributed by atoms with Gasteiger partial charge in [-0.15, -0.1) is 0 Å². The summed E-state index contributed by atoms with van der Waals surface area (Å²) in [5.41, 5.74) is 1.99. The van der Waals surface area contributed by atoms with Gasteiger partial charge >= 0.3 is 0 Å². The average Bonchev–Trinajstić information content (AvgIpc) is 2.93. The number of rotatable bonds is 2. The zero-order chi connectivity index (χ0) is 13.6. The smallest absolute Gasteiger partial charge is 0.188 e. The number of piperazine rings is 1. The van der Waals surface area contributed by atoms with Crippen LogP contribution in [0.25, 0.3) is 10.3 Å². The van der Waals surface area contributed by atoms with Gasteiger partial charge in [0.05, 0.1) is 23.0 Å². The molecule has 19 heavy (non-hydrogen) atoms. The van der Waals surface area contributed by atoms with Gasteiger partial charge in [0, 0.05) is 26.7 Å². The van der Waals surface area contributed by atoms with Crippen LogP contribution in [0.15, 0.2) is 0 Å². The summed E-state index contributed by atoms with van der Waals surface area (Å²) in [4.78, 5) is 9.17. The van der Waals surface area contributed by atoms with Crippen molar-refractivity contribution in [2.24, 2.45) is 7.05 Å². The highest BCUT2D eigenvalue weighted by atomic mass is 32.1. The Bertz CT molecular complexity index is 558. The highest BCUT2D eigenvalue weighted by Crippen LogP contribution is 2.31. The van der Waals surface area contributed by atoms with Gasteiger partial charge in [-0.3, -0.25) is 4.90 Å². The number of fused-ring (bicyclic) bond motifs is 1. The van der Waals surface area contributed by atoms with E-state index >= 15 is 0 Å². The van der Waals surface area contributed by atoms with Crippen LogP contribution in [-0.2, 0) is 7.05 Å². The Morgan fingerprint density at radius 1 is 1.37 bits per heavy atom. The van der Waals surface area contributed by atoms with Crippen molar-refractivity contribution in [1.29, 1.82) is 0 Å². The second-order valence-electron chi connectivity index (χ2n) is 5.12. The zero-order valence-electron chi connectivity index (χ0n) is 11.5. The van der Waals surface area contributed by atoms with E-state index in [0.29, 0.717) is 0 Å². The molecule has 1 aliphatic heterocycles. The number of nitrogens with zero attached hydrogens (tertiary/aromatic N) is 5. The summed E-state index contributed by atoms with van der Waals surface area (Å²) in [5.74, 6) is 0. The minimum atomic E-state index is 0.193. The molecule has 3 rings (SSSR count). The van der Waals surface area contributed by atoms with E-state index in [1.807, 2.05) is 18.7 Å². The predicted molar refractivity (Wildman–Crippen MR) is 76.8 cm³/mol. The number of hydrogen-bond donors (Lipinski definition) is 1. The third-order valence-corrected chi connectivity index (χ3v) is 5.01. The van der Waals surface area contributed by atoms with Crippen LogP contribution in [0.5, 0.6) is 0 Å². The Hall–Kier alpha value is -1.18. The van der Waals surface area contributed by atoms with Crippen molar-refractivity contribution in [3.63, 3.8) is 0 Å². The van der Waals surface area contributed by atoms with E-state index in [-0.39, 0.29) is 12.6 Å². The molecule has 7 heteroatoms. The van der Waals surface area contributed by atoms with E-state index in [4.69, 9.17) is 4.98 Å². The first-order chi connectivity index (χ1) is 9.10. The molecular weight excluding hydrogens is 262 g/mol. The van der Waals surface area contributed by atoms with Crippen LogP contribution in [0.1, 0.15) is 5.69 Å². The summed E-state index contributed by atoms with van der Waals surface area (Å²) in [5, 5.41) is 14.8. The maximum atomic E-state index is 9.41. The third kappa shape index (κ3) is 2.11. The molecule has 1 atom stereocenters. The number of aryl methyl sites for hydroxylation is 2. The van der Waals surface area contributed by atoms with Crippen molar-refractivity contribution in [1.82, 2.24) is 19.7 Å². The minimum Gasteiger partial charge on any atom is -0.395 e. The van der Waals surface area contributed by atoms with Crippen LogP contribution in [0.3, 0.4) is 0 Å². The predicted octanol–water partition coefficient (Wildman–Crippen LogP) is 0.451. The van der Waals surface area contributed by atoms with Crippen molar-refractivity contribution >= 4 is 26.8 Å².